The van der Waals surface area contributed by atoms with E-state index < -0.39 is 35.4 Å². The smallest absolute Gasteiger partial charge is 0.331 e. The second-order valence-corrected chi connectivity index (χ2v) is 6.06. The first kappa shape index (κ1) is 21.8. The Morgan fingerprint density at radius 3 is 2.37 bits per heavy atom. The Labute approximate surface area is 156 Å². The lowest BCUT2D eigenvalue weighted by Gasteiger charge is -2.18. The van der Waals surface area contributed by atoms with E-state index in [1.165, 1.54) is 37.5 Å². The standard InChI is InChI=1S/C18H22N2O7/c1-12(2)10-15(18(23)26-3)19-16(21)11-27-17(22)9-6-13-4-7-14(8-5-13)20(24)25/h4-9,12,15H,10-11H2,1-3H3,(H,19,21). The molecule has 1 aromatic carbocycles. The number of nitro benzene ring substituents is 1. The van der Waals surface area contributed by atoms with Crippen molar-refractivity contribution >= 4 is 29.6 Å². The molecule has 1 atom stereocenters. The number of nitro groups is 1. The molecule has 0 aliphatic rings. The molecule has 0 saturated carbocycles. The predicted molar refractivity (Wildman–Crippen MR) is 96.5 cm³/mol. The number of rotatable bonds is 9. The van der Waals surface area contributed by atoms with E-state index in [0.717, 1.165) is 6.08 Å². The van der Waals surface area contributed by atoms with Gasteiger partial charge in [-0.25, -0.2) is 9.59 Å². The Bertz CT molecular complexity index is 711. The third-order valence-corrected chi connectivity index (χ3v) is 3.39. The van der Waals surface area contributed by atoms with E-state index in [1.54, 1.807) is 0 Å². The molecular weight excluding hydrogens is 356 g/mol. The van der Waals surface area contributed by atoms with Crippen LogP contribution in [0.2, 0.25) is 0 Å². The average Bonchev–Trinajstić information content (AvgIpc) is 2.63. The fourth-order valence-corrected chi connectivity index (χ4v) is 2.12. The van der Waals surface area contributed by atoms with Crippen molar-refractivity contribution < 1.29 is 28.8 Å². The van der Waals surface area contributed by atoms with Gasteiger partial charge in [0.15, 0.2) is 6.61 Å². The van der Waals surface area contributed by atoms with Crippen molar-refractivity contribution in [3.05, 3.63) is 46.0 Å². The van der Waals surface area contributed by atoms with Gasteiger partial charge in [0.1, 0.15) is 6.04 Å². The van der Waals surface area contributed by atoms with Crippen molar-refractivity contribution in [2.45, 2.75) is 26.3 Å². The monoisotopic (exact) mass is 378 g/mol. The second kappa shape index (κ2) is 10.7. The van der Waals surface area contributed by atoms with E-state index in [1.807, 2.05) is 13.8 Å². The molecule has 1 aromatic rings. The van der Waals surface area contributed by atoms with Crippen LogP contribution in [0.25, 0.3) is 6.08 Å². The van der Waals surface area contributed by atoms with Gasteiger partial charge < -0.3 is 14.8 Å². The van der Waals surface area contributed by atoms with Crippen LogP contribution in [0.15, 0.2) is 30.3 Å². The normalized spacial score (nSPS) is 11.9. The molecule has 1 rings (SSSR count). The molecule has 0 aromatic heterocycles. The van der Waals surface area contributed by atoms with Crippen LogP contribution >= 0.6 is 0 Å². The van der Waals surface area contributed by atoms with E-state index >= 15 is 0 Å². The van der Waals surface area contributed by atoms with Crippen molar-refractivity contribution in [1.82, 2.24) is 5.32 Å². The number of carbonyl (C=O) groups is 3. The minimum atomic E-state index is -0.808. The number of nitrogens with zero attached hydrogens (tertiary/aromatic N) is 1. The number of carbonyl (C=O) groups excluding carboxylic acids is 3. The molecule has 9 nitrogen and oxygen atoms in total. The van der Waals surface area contributed by atoms with Crippen LogP contribution in [0, 0.1) is 16.0 Å². The zero-order valence-corrected chi connectivity index (χ0v) is 15.3. The van der Waals surface area contributed by atoms with E-state index in [2.05, 4.69) is 10.1 Å². The van der Waals surface area contributed by atoms with Gasteiger partial charge in [-0.2, -0.15) is 0 Å². The molecule has 1 amide bonds. The fraction of sp³-hybridized carbons (Fsp3) is 0.389. The largest absolute Gasteiger partial charge is 0.467 e. The first-order chi connectivity index (χ1) is 12.7. The Morgan fingerprint density at radius 1 is 1.22 bits per heavy atom. The Kier molecular flexibility index (Phi) is 8.64. The quantitative estimate of drug-likeness (QED) is 0.301. The molecule has 9 heteroatoms. The van der Waals surface area contributed by atoms with Gasteiger partial charge in [0, 0.05) is 18.2 Å². The number of methoxy groups -OCH3 is 1. The molecule has 0 heterocycles. The number of hydrogen-bond acceptors (Lipinski definition) is 7. The lowest BCUT2D eigenvalue weighted by molar-refractivity contribution is -0.384. The summed E-state index contributed by atoms with van der Waals surface area (Å²) in [6.07, 6.45) is 2.90. The topological polar surface area (TPSA) is 125 Å². The minimum Gasteiger partial charge on any atom is -0.467 e. The summed E-state index contributed by atoms with van der Waals surface area (Å²) in [5, 5.41) is 13.0. The Hall–Kier alpha value is -3.23. The molecule has 0 aliphatic carbocycles. The number of benzene rings is 1. The predicted octanol–water partition coefficient (Wildman–Crippen LogP) is 1.86. The number of ether oxygens (including phenoxy) is 2. The summed E-state index contributed by atoms with van der Waals surface area (Å²) in [7, 11) is 1.23. The van der Waals surface area contributed by atoms with Crippen molar-refractivity contribution in [1.29, 1.82) is 0 Å². The minimum absolute atomic E-state index is 0.0621. The number of hydrogen-bond donors (Lipinski definition) is 1. The van der Waals surface area contributed by atoms with Gasteiger partial charge in [-0.3, -0.25) is 14.9 Å². The zero-order chi connectivity index (χ0) is 20.4. The highest BCUT2D eigenvalue weighted by molar-refractivity contribution is 5.90. The van der Waals surface area contributed by atoms with Crippen molar-refractivity contribution in [2.75, 3.05) is 13.7 Å². The molecule has 0 bridgehead atoms. The van der Waals surface area contributed by atoms with E-state index in [-0.39, 0.29) is 11.6 Å². The van der Waals surface area contributed by atoms with Gasteiger partial charge in [-0.15, -0.1) is 0 Å². The van der Waals surface area contributed by atoms with Crippen LogP contribution in [-0.4, -0.2) is 42.5 Å². The summed E-state index contributed by atoms with van der Waals surface area (Å²) in [4.78, 5) is 45.2. The molecule has 0 fully saturated rings. The molecule has 1 unspecified atom stereocenters. The number of nitrogens with one attached hydrogen (secondary N) is 1. The molecule has 1 N–H and O–H groups in total. The maximum atomic E-state index is 11.9. The maximum absolute atomic E-state index is 11.9. The average molecular weight is 378 g/mol. The first-order valence-electron chi connectivity index (χ1n) is 8.19. The SMILES string of the molecule is COC(=O)C(CC(C)C)NC(=O)COC(=O)C=Cc1ccc([N+](=O)[O-])cc1. The first-order valence-corrected chi connectivity index (χ1v) is 8.19. The van der Waals surface area contributed by atoms with Crippen LogP contribution in [0.5, 0.6) is 0 Å². The van der Waals surface area contributed by atoms with Gasteiger partial charge in [0.25, 0.3) is 11.6 Å². The fourth-order valence-electron chi connectivity index (χ4n) is 2.12. The molecule has 0 aliphatic heterocycles. The van der Waals surface area contributed by atoms with Crippen LogP contribution in [0.4, 0.5) is 5.69 Å². The summed E-state index contributed by atoms with van der Waals surface area (Å²) in [6.45, 7) is 3.24. The highest BCUT2D eigenvalue weighted by Crippen LogP contribution is 2.12. The summed E-state index contributed by atoms with van der Waals surface area (Å²) in [6, 6.07) is 4.75. The van der Waals surface area contributed by atoms with Gasteiger partial charge >= 0.3 is 11.9 Å². The highest BCUT2D eigenvalue weighted by atomic mass is 16.6. The summed E-state index contributed by atoms with van der Waals surface area (Å²) >= 11 is 0. The summed E-state index contributed by atoms with van der Waals surface area (Å²) < 4.78 is 9.44. The van der Waals surface area contributed by atoms with Crippen LogP contribution in [-0.2, 0) is 23.9 Å². The lowest BCUT2D eigenvalue weighted by Crippen LogP contribution is -2.44. The van der Waals surface area contributed by atoms with Gasteiger partial charge in [-0.1, -0.05) is 13.8 Å². The van der Waals surface area contributed by atoms with Gasteiger partial charge in [-0.05, 0) is 36.1 Å². The maximum Gasteiger partial charge on any atom is 0.331 e. The van der Waals surface area contributed by atoms with Crippen molar-refractivity contribution in [3.63, 3.8) is 0 Å². The third kappa shape index (κ3) is 8.13. The third-order valence-electron chi connectivity index (χ3n) is 3.39. The zero-order valence-electron chi connectivity index (χ0n) is 15.3. The molecule has 0 saturated heterocycles. The van der Waals surface area contributed by atoms with Crippen molar-refractivity contribution in [2.24, 2.45) is 5.92 Å². The molecule has 146 valence electrons. The summed E-state index contributed by atoms with van der Waals surface area (Å²) in [5.74, 6) is -1.80. The number of amides is 1. The van der Waals surface area contributed by atoms with Crippen LogP contribution < -0.4 is 5.32 Å². The van der Waals surface area contributed by atoms with E-state index in [4.69, 9.17) is 4.74 Å². The van der Waals surface area contributed by atoms with Crippen LogP contribution in [0.3, 0.4) is 0 Å². The van der Waals surface area contributed by atoms with Gasteiger partial charge in [0.05, 0.1) is 12.0 Å². The van der Waals surface area contributed by atoms with Crippen molar-refractivity contribution in [3.8, 4) is 0 Å². The molecule has 0 spiro atoms. The second-order valence-electron chi connectivity index (χ2n) is 6.06. The van der Waals surface area contributed by atoms with E-state index in [9.17, 15) is 24.5 Å². The molecule has 27 heavy (non-hydrogen) atoms. The molecule has 0 radical (unpaired) electrons. The Morgan fingerprint density at radius 2 is 1.85 bits per heavy atom. The van der Waals surface area contributed by atoms with Gasteiger partial charge in [0.2, 0.25) is 0 Å². The highest BCUT2D eigenvalue weighted by Gasteiger charge is 2.22. The number of non-ortho nitro benzene ring substituents is 1. The lowest BCUT2D eigenvalue weighted by atomic mass is 10.0. The summed E-state index contributed by atoms with van der Waals surface area (Å²) in [5.41, 5.74) is 0.498. The number of esters is 2. The molecular formula is C18H22N2O7. The van der Waals surface area contributed by atoms with E-state index in [0.29, 0.717) is 12.0 Å². The van der Waals surface area contributed by atoms with Crippen LogP contribution in [0.1, 0.15) is 25.8 Å². The Balaban J connectivity index is 2.51.